The molecule has 0 aromatic rings. The highest BCUT2D eigenvalue weighted by atomic mass is 16.5. The predicted molar refractivity (Wildman–Crippen MR) is 81.6 cm³/mol. The first-order chi connectivity index (χ1) is 10.4. The standard InChI is InChI=1S/C18H22O4/c1-5-13-14-9-18(4)10(2)15(21-11(3)19)7-6-12(18)8-16(14)22-17(13)20/h6,8,10,15H,5,7,9H2,1-4H3/t10-,15-,18+/m0/s1. The van der Waals surface area contributed by atoms with Gasteiger partial charge in [0.2, 0.25) is 0 Å². The summed E-state index contributed by atoms with van der Waals surface area (Å²) in [7, 11) is 0. The highest BCUT2D eigenvalue weighted by Gasteiger charge is 2.48. The number of rotatable bonds is 2. The van der Waals surface area contributed by atoms with Gasteiger partial charge in [-0.2, -0.15) is 0 Å². The van der Waals surface area contributed by atoms with E-state index >= 15 is 0 Å². The van der Waals surface area contributed by atoms with E-state index in [0.29, 0.717) is 18.6 Å². The largest absolute Gasteiger partial charge is 0.462 e. The number of carbonyl (C=O) groups excluding carboxylic acids is 2. The van der Waals surface area contributed by atoms with Crippen LogP contribution in [-0.2, 0) is 19.1 Å². The number of esters is 2. The van der Waals surface area contributed by atoms with Crippen LogP contribution in [-0.4, -0.2) is 18.0 Å². The van der Waals surface area contributed by atoms with Gasteiger partial charge < -0.3 is 9.47 Å². The molecule has 1 aliphatic heterocycles. The first kappa shape index (κ1) is 15.1. The van der Waals surface area contributed by atoms with Crippen molar-refractivity contribution >= 4 is 11.9 Å². The summed E-state index contributed by atoms with van der Waals surface area (Å²) < 4.78 is 10.9. The molecule has 0 amide bonds. The second-order valence-electron chi connectivity index (χ2n) is 6.63. The lowest BCUT2D eigenvalue weighted by Gasteiger charge is -2.46. The van der Waals surface area contributed by atoms with Gasteiger partial charge in [0.25, 0.3) is 0 Å². The van der Waals surface area contributed by atoms with Crippen molar-refractivity contribution in [1.29, 1.82) is 0 Å². The van der Waals surface area contributed by atoms with Crippen LogP contribution in [0.1, 0.15) is 47.0 Å². The molecule has 0 fully saturated rings. The van der Waals surface area contributed by atoms with Crippen LogP contribution >= 0.6 is 0 Å². The van der Waals surface area contributed by atoms with E-state index in [1.165, 1.54) is 12.5 Å². The summed E-state index contributed by atoms with van der Waals surface area (Å²) in [5.74, 6) is 0.451. The molecular weight excluding hydrogens is 280 g/mol. The van der Waals surface area contributed by atoms with Crippen molar-refractivity contribution in [3.05, 3.63) is 34.6 Å². The van der Waals surface area contributed by atoms with Gasteiger partial charge in [-0.25, -0.2) is 4.79 Å². The van der Waals surface area contributed by atoms with E-state index in [4.69, 9.17) is 9.47 Å². The number of ether oxygens (including phenoxy) is 2. The van der Waals surface area contributed by atoms with E-state index in [1.807, 2.05) is 13.0 Å². The molecule has 4 nitrogen and oxygen atoms in total. The van der Waals surface area contributed by atoms with Gasteiger partial charge >= 0.3 is 11.9 Å². The van der Waals surface area contributed by atoms with Gasteiger partial charge in [-0.3, -0.25) is 4.79 Å². The molecule has 1 heterocycles. The van der Waals surface area contributed by atoms with E-state index in [2.05, 4.69) is 19.9 Å². The molecule has 0 radical (unpaired) electrons. The third kappa shape index (κ3) is 2.13. The minimum Gasteiger partial charge on any atom is -0.462 e. The molecule has 0 N–H and O–H groups in total. The second-order valence-corrected chi connectivity index (χ2v) is 6.63. The molecule has 0 unspecified atom stereocenters. The van der Waals surface area contributed by atoms with Gasteiger partial charge in [0.15, 0.2) is 0 Å². The highest BCUT2D eigenvalue weighted by molar-refractivity contribution is 5.95. The van der Waals surface area contributed by atoms with Crippen LogP contribution < -0.4 is 0 Å². The molecule has 22 heavy (non-hydrogen) atoms. The van der Waals surface area contributed by atoms with Crippen molar-refractivity contribution in [3.8, 4) is 0 Å². The van der Waals surface area contributed by atoms with Crippen molar-refractivity contribution in [2.75, 3.05) is 0 Å². The average Bonchev–Trinajstić information content (AvgIpc) is 2.74. The maximum Gasteiger partial charge on any atom is 0.339 e. The molecule has 3 rings (SSSR count). The predicted octanol–water partition coefficient (Wildman–Crippen LogP) is 3.44. The number of fused-ring (bicyclic) bond motifs is 2. The maximum atomic E-state index is 12.0. The molecule has 3 atom stereocenters. The summed E-state index contributed by atoms with van der Waals surface area (Å²) in [6, 6.07) is 0. The van der Waals surface area contributed by atoms with E-state index in [9.17, 15) is 9.59 Å². The molecule has 3 aliphatic rings. The number of hydrogen-bond acceptors (Lipinski definition) is 4. The molecule has 0 bridgehead atoms. The fourth-order valence-electron chi connectivity index (χ4n) is 3.88. The summed E-state index contributed by atoms with van der Waals surface area (Å²) in [6.45, 7) is 7.75. The molecule has 0 spiro atoms. The highest BCUT2D eigenvalue weighted by Crippen LogP contribution is 2.54. The topological polar surface area (TPSA) is 52.6 Å². The molecule has 118 valence electrons. The van der Waals surface area contributed by atoms with Gasteiger partial charge in [0.1, 0.15) is 11.9 Å². The Morgan fingerprint density at radius 1 is 1.50 bits per heavy atom. The Bertz CT molecular complexity index is 637. The van der Waals surface area contributed by atoms with Crippen LogP contribution in [0.15, 0.2) is 34.6 Å². The minimum atomic E-state index is -0.239. The Labute approximate surface area is 130 Å². The zero-order chi connectivity index (χ0) is 16.1. The summed E-state index contributed by atoms with van der Waals surface area (Å²) >= 11 is 0. The fourth-order valence-corrected chi connectivity index (χ4v) is 3.88. The van der Waals surface area contributed by atoms with Gasteiger partial charge in [-0.05, 0) is 24.5 Å². The van der Waals surface area contributed by atoms with Crippen LogP contribution in [0.3, 0.4) is 0 Å². The van der Waals surface area contributed by atoms with E-state index < -0.39 is 0 Å². The van der Waals surface area contributed by atoms with Crippen LogP contribution in [0.5, 0.6) is 0 Å². The second kappa shape index (κ2) is 5.11. The third-order valence-corrected chi connectivity index (χ3v) is 5.40. The molecule has 0 saturated heterocycles. The third-order valence-electron chi connectivity index (χ3n) is 5.40. The fraction of sp³-hybridized carbons (Fsp3) is 0.556. The molecule has 4 heteroatoms. The summed E-state index contributed by atoms with van der Waals surface area (Å²) in [5, 5.41) is 0. The van der Waals surface area contributed by atoms with Crippen molar-refractivity contribution < 1.29 is 19.1 Å². The van der Waals surface area contributed by atoms with Crippen LogP contribution in [0.25, 0.3) is 0 Å². The number of carbonyl (C=O) groups is 2. The lowest BCUT2D eigenvalue weighted by Crippen LogP contribution is -2.42. The van der Waals surface area contributed by atoms with Gasteiger partial charge in [-0.15, -0.1) is 0 Å². The first-order valence-electron chi connectivity index (χ1n) is 7.91. The van der Waals surface area contributed by atoms with Gasteiger partial charge in [0, 0.05) is 35.8 Å². The normalized spacial score (nSPS) is 33.5. The molecule has 0 aromatic carbocycles. The Balaban J connectivity index is 2.01. The monoisotopic (exact) mass is 302 g/mol. The molecule has 0 saturated carbocycles. The van der Waals surface area contributed by atoms with Gasteiger partial charge in [-0.1, -0.05) is 26.8 Å². The lowest BCUT2D eigenvalue weighted by molar-refractivity contribution is -0.151. The Kier molecular flexibility index (Phi) is 3.50. The van der Waals surface area contributed by atoms with Crippen molar-refractivity contribution in [1.82, 2.24) is 0 Å². The molecular formula is C18H22O4. The van der Waals surface area contributed by atoms with E-state index in [1.54, 1.807) is 0 Å². The number of hydrogen-bond donors (Lipinski definition) is 0. The van der Waals surface area contributed by atoms with E-state index in [-0.39, 0.29) is 29.4 Å². The smallest absolute Gasteiger partial charge is 0.339 e. The maximum absolute atomic E-state index is 12.0. The zero-order valence-corrected chi connectivity index (χ0v) is 13.6. The average molecular weight is 302 g/mol. The summed E-state index contributed by atoms with van der Waals surface area (Å²) in [4.78, 5) is 23.3. The van der Waals surface area contributed by atoms with Crippen LogP contribution in [0, 0.1) is 11.3 Å². The van der Waals surface area contributed by atoms with Crippen LogP contribution in [0.2, 0.25) is 0 Å². The van der Waals surface area contributed by atoms with Crippen molar-refractivity contribution in [2.24, 2.45) is 11.3 Å². The van der Waals surface area contributed by atoms with Crippen molar-refractivity contribution in [3.63, 3.8) is 0 Å². The Morgan fingerprint density at radius 3 is 2.86 bits per heavy atom. The SMILES string of the molecule is CCC1=C2C[C@@]3(C)C(=CC[C@H](OC(C)=O)[C@@H]3C)C=C2OC1=O. The molecule has 0 aromatic heterocycles. The Hall–Kier alpha value is -1.84. The summed E-state index contributed by atoms with van der Waals surface area (Å²) in [6.07, 6.45) is 6.17. The van der Waals surface area contributed by atoms with Gasteiger partial charge in [0.05, 0.1) is 0 Å². The van der Waals surface area contributed by atoms with E-state index in [0.717, 1.165) is 17.6 Å². The first-order valence-corrected chi connectivity index (χ1v) is 7.91. The lowest BCUT2D eigenvalue weighted by atomic mass is 9.60. The molecule has 2 aliphatic carbocycles. The Morgan fingerprint density at radius 2 is 2.23 bits per heavy atom. The van der Waals surface area contributed by atoms with Crippen molar-refractivity contribution in [2.45, 2.75) is 53.1 Å². The minimum absolute atomic E-state index is 0.107. The van der Waals surface area contributed by atoms with Crippen LogP contribution in [0.4, 0.5) is 0 Å². The number of allylic oxidation sites excluding steroid dienone is 3. The summed E-state index contributed by atoms with van der Waals surface area (Å²) in [5.41, 5.74) is 2.87. The quantitative estimate of drug-likeness (QED) is 0.733. The zero-order valence-electron chi connectivity index (χ0n) is 13.6.